The van der Waals surface area contributed by atoms with Gasteiger partial charge in [-0.2, -0.15) is 0 Å². The van der Waals surface area contributed by atoms with Crippen LogP contribution in [-0.2, 0) is 0 Å². The van der Waals surface area contributed by atoms with Crippen LogP contribution in [0.1, 0.15) is 5.69 Å². The van der Waals surface area contributed by atoms with Gasteiger partial charge in [-0.3, -0.25) is 0 Å². The maximum absolute atomic E-state index is 13.7. The highest BCUT2D eigenvalue weighted by molar-refractivity contribution is 5.89. The number of halogens is 2. The molecule has 0 aliphatic carbocycles. The molecule has 26 heavy (non-hydrogen) atoms. The Morgan fingerprint density at radius 2 is 1.62 bits per heavy atom. The summed E-state index contributed by atoms with van der Waals surface area (Å²) >= 11 is 0. The number of nitrogens with zero attached hydrogens (tertiary/aromatic N) is 3. The van der Waals surface area contributed by atoms with E-state index in [-0.39, 0.29) is 5.82 Å². The van der Waals surface area contributed by atoms with E-state index in [0.717, 1.165) is 28.2 Å². The fraction of sp³-hybridized carbons (Fsp3) is 0.0500. The summed E-state index contributed by atoms with van der Waals surface area (Å²) in [4.78, 5) is 12.8. The lowest BCUT2D eigenvalue weighted by Crippen LogP contribution is -1.97. The van der Waals surface area contributed by atoms with E-state index in [1.807, 2.05) is 25.1 Å². The monoisotopic (exact) mass is 348 g/mol. The SMILES string of the molecule is Cc1ncnc2ccc(-c3ccc(N)nc3-c3cc(F)cc(F)c3)cc12. The second-order valence-electron chi connectivity index (χ2n) is 5.98. The Bertz CT molecular complexity index is 1120. The van der Waals surface area contributed by atoms with Gasteiger partial charge in [0, 0.05) is 28.3 Å². The van der Waals surface area contributed by atoms with Crippen molar-refractivity contribution >= 4 is 16.7 Å². The molecule has 0 aliphatic heterocycles. The number of aryl methyl sites for hydroxylation is 1. The van der Waals surface area contributed by atoms with Crippen molar-refractivity contribution in [1.29, 1.82) is 0 Å². The van der Waals surface area contributed by atoms with E-state index in [2.05, 4.69) is 15.0 Å². The number of rotatable bonds is 2. The summed E-state index contributed by atoms with van der Waals surface area (Å²) in [7, 11) is 0. The zero-order valence-corrected chi connectivity index (χ0v) is 13.9. The van der Waals surface area contributed by atoms with Gasteiger partial charge in [-0.05, 0) is 48.9 Å². The molecule has 0 amide bonds. The first-order chi connectivity index (χ1) is 12.5. The van der Waals surface area contributed by atoms with Gasteiger partial charge < -0.3 is 5.73 Å². The Morgan fingerprint density at radius 1 is 0.846 bits per heavy atom. The molecule has 4 aromatic rings. The molecule has 0 atom stereocenters. The summed E-state index contributed by atoms with van der Waals surface area (Å²) in [5.74, 6) is -1.07. The lowest BCUT2D eigenvalue weighted by molar-refractivity contribution is 0.584. The second-order valence-corrected chi connectivity index (χ2v) is 5.98. The fourth-order valence-corrected chi connectivity index (χ4v) is 2.97. The molecule has 2 aromatic heterocycles. The Labute approximate surface area is 148 Å². The topological polar surface area (TPSA) is 64.7 Å². The summed E-state index contributed by atoms with van der Waals surface area (Å²) in [5, 5.41) is 0.901. The van der Waals surface area contributed by atoms with Gasteiger partial charge in [0.2, 0.25) is 0 Å². The van der Waals surface area contributed by atoms with E-state index in [1.165, 1.54) is 18.5 Å². The zero-order valence-electron chi connectivity index (χ0n) is 13.9. The largest absolute Gasteiger partial charge is 0.384 e. The summed E-state index contributed by atoms with van der Waals surface area (Å²) < 4.78 is 27.4. The third-order valence-corrected chi connectivity index (χ3v) is 4.20. The molecule has 0 aliphatic rings. The van der Waals surface area contributed by atoms with Gasteiger partial charge in [0.25, 0.3) is 0 Å². The highest BCUT2D eigenvalue weighted by atomic mass is 19.1. The molecule has 4 rings (SSSR count). The Morgan fingerprint density at radius 3 is 2.38 bits per heavy atom. The Hall–Kier alpha value is -3.41. The highest BCUT2D eigenvalue weighted by Crippen LogP contribution is 2.33. The van der Waals surface area contributed by atoms with Gasteiger partial charge in [-0.15, -0.1) is 0 Å². The number of anilines is 1. The van der Waals surface area contributed by atoms with Crippen molar-refractivity contribution in [2.24, 2.45) is 0 Å². The number of nitrogen functional groups attached to an aromatic ring is 1. The van der Waals surface area contributed by atoms with Gasteiger partial charge in [0.15, 0.2) is 0 Å². The van der Waals surface area contributed by atoms with Crippen molar-refractivity contribution < 1.29 is 8.78 Å². The first kappa shape index (κ1) is 16.1. The first-order valence-corrected chi connectivity index (χ1v) is 7.96. The third-order valence-electron chi connectivity index (χ3n) is 4.20. The lowest BCUT2D eigenvalue weighted by atomic mass is 9.97. The van der Waals surface area contributed by atoms with Crippen molar-refractivity contribution in [3.05, 3.63) is 72.2 Å². The number of nitrogens with two attached hydrogens (primary N) is 1. The molecule has 0 bridgehead atoms. The first-order valence-electron chi connectivity index (χ1n) is 7.96. The summed E-state index contributed by atoms with van der Waals surface area (Å²) in [6.45, 7) is 1.90. The maximum Gasteiger partial charge on any atom is 0.126 e. The molecule has 6 heteroatoms. The number of benzene rings is 2. The fourth-order valence-electron chi connectivity index (χ4n) is 2.97. The molecule has 2 aromatic carbocycles. The molecule has 0 unspecified atom stereocenters. The van der Waals surface area contributed by atoms with Crippen LogP contribution in [0, 0.1) is 18.6 Å². The van der Waals surface area contributed by atoms with E-state index >= 15 is 0 Å². The van der Waals surface area contributed by atoms with Gasteiger partial charge in [0.1, 0.15) is 23.8 Å². The maximum atomic E-state index is 13.7. The molecule has 0 fully saturated rings. The predicted octanol–water partition coefficient (Wildman–Crippen LogP) is 4.53. The van der Waals surface area contributed by atoms with Crippen LogP contribution in [0.25, 0.3) is 33.3 Å². The summed E-state index contributed by atoms with van der Waals surface area (Å²) in [6, 6.07) is 12.5. The van der Waals surface area contributed by atoms with E-state index < -0.39 is 11.6 Å². The number of hydrogen-bond acceptors (Lipinski definition) is 4. The summed E-state index contributed by atoms with van der Waals surface area (Å²) in [6.07, 6.45) is 1.52. The van der Waals surface area contributed by atoms with Crippen molar-refractivity contribution in [2.45, 2.75) is 6.92 Å². The number of aromatic nitrogens is 3. The van der Waals surface area contributed by atoms with Crippen LogP contribution in [0.4, 0.5) is 14.6 Å². The molecule has 0 spiro atoms. The molecular weight excluding hydrogens is 334 g/mol. The molecule has 0 radical (unpaired) electrons. The molecule has 4 nitrogen and oxygen atoms in total. The van der Waals surface area contributed by atoms with Gasteiger partial charge in [0.05, 0.1) is 11.2 Å². The van der Waals surface area contributed by atoms with E-state index in [9.17, 15) is 8.78 Å². The minimum Gasteiger partial charge on any atom is -0.384 e. The third kappa shape index (κ3) is 2.86. The van der Waals surface area contributed by atoms with Gasteiger partial charge in [-0.1, -0.05) is 6.07 Å². The van der Waals surface area contributed by atoms with Crippen molar-refractivity contribution in [3.8, 4) is 22.4 Å². The van der Waals surface area contributed by atoms with Gasteiger partial charge >= 0.3 is 0 Å². The van der Waals surface area contributed by atoms with Crippen molar-refractivity contribution in [1.82, 2.24) is 15.0 Å². The number of pyridine rings is 1. The molecule has 128 valence electrons. The minimum atomic E-state index is -0.669. The van der Waals surface area contributed by atoms with Crippen molar-refractivity contribution in [2.75, 3.05) is 5.73 Å². The van der Waals surface area contributed by atoms with Crippen molar-refractivity contribution in [3.63, 3.8) is 0 Å². The summed E-state index contributed by atoms with van der Waals surface area (Å²) in [5.41, 5.74) is 9.77. The molecule has 2 N–H and O–H groups in total. The number of fused-ring (bicyclic) bond motifs is 1. The standard InChI is InChI=1S/C20H14F2N4/c1-11-17-8-12(2-4-18(17)25-10-24-11)16-3-5-19(23)26-20(16)13-6-14(21)9-15(22)7-13/h2-10H,1H3,(H2,23,26). The molecule has 2 heterocycles. The highest BCUT2D eigenvalue weighted by Gasteiger charge is 2.13. The Kier molecular flexibility index (Phi) is 3.80. The zero-order chi connectivity index (χ0) is 18.3. The predicted molar refractivity (Wildman–Crippen MR) is 97.3 cm³/mol. The second kappa shape index (κ2) is 6.15. The van der Waals surface area contributed by atoms with Crippen LogP contribution in [0.5, 0.6) is 0 Å². The van der Waals surface area contributed by atoms with E-state index in [0.29, 0.717) is 16.8 Å². The molecular formula is C20H14F2N4. The quantitative estimate of drug-likeness (QED) is 0.578. The van der Waals surface area contributed by atoms with Crippen LogP contribution in [-0.4, -0.2) is 15.0 Å². The Balaban J connectivity index is 1.96. The average molecular weight is 348 g/mol. The molecule has 0 saturated heterocycles. The van der Waals surface area contributed by atoms with Gasteiger partial charge in [-0.25, -0.2) is 23.7 Å². The lowest BCUT2D eigenvalue weighted by Gasteiger charge is -2.12. The minimum absolute atomic E-state index is 0.272. The molecule has 0 saturated carbocycles. The van der Waals surface area contributed by atoms with E-state index in [1.54, 1.807) is 12.1 Å². The van der Waals surface area contributed by atoms with Crippen LogP contribution >= 0.6 is 0 Å². The van der Waals surface area contributed by atoms with E-state index in [4.69, 9.17) is 5.73 Å². The van der Waals surface area contributed by atoms with Crippen LogP contribution in [0.2, 0.25) is 0 Å². The average Bonchev–Trinajstić information content (AvgIpc) is 2.61. The van der Waals surface area contributed by atoms with Crippen LogP contribution in [0.3, 0.4) is 0 Å². The normalized spacial score (nSPS) is 11.0. The smallest absolute Gasteiger partial charge is 0.126 e. The van der Waals surface area contributed by atoms with Crippen LogP contribution < -0.4 is 5.73 Å². The number of hydrogen-bond donors (Lipinski definition) is 1. The van der Waals surface area contributed by atoms with Crippen LogP contribution in [0.15, 0.2) is 54.9 Å².